The van der Waals surface area contributed by atoms with Crippen molar-refractivity contribution in [2.45, 2.75) is 26.9 Å². The Labute approximate surface area is 168 Å². The van der Waals surface area contributed by atoms with Crippen molar-refractivity contribution in [3.8, 4) is 5.75 Å². The summed E-state index contributed by atoms with van der Waals surface area (Å²) in [5.74, 6) is 0.825. The van der Waals surface area contributed by atoms with Crippen molar-refractivity contribution in [3.63, 3.8) is 0 Å². The Kier molecular flexibility index (Phi) is 6.88. The van der Waals surface area contributed by atoms with Crippen molar-refractivity contribution in [1.82, 2.24) is 9.80 Å². The molecule has 4 heteroatoms. The average Bonchev–Trinajstić information content (AvgIpc) is 2.71. The van der Waals surface area contributed by atoms with Crippen molar-refractivity contribution < 1.29 is 9.53 Å². The molecule has 0 bridgehead atoms. The molecule has 1 atom stereocenters. The molecule has 148 valence electrons. The normalized spacial score (nSPS) is 16.3. The predicted molar refractivity (Wildman–Crippen MR) is 115 cm³/mol. The lowest BCUT2D eigenvalue weighted by molar-refractivity contribution is -0.139. The molecule has 0 aliphatic carbocycles. The van der Waals surface area contributed by atoms with Crippen LogP contribution in [0.1, 0.15) is 23.6 Å². The molecule has 1 fully saturated rings. The number of hydrogen-bond acceptors (Lipinski definition) is 3. The van der Waals surface area contributed by atoms with Crippen molar-refractivity contribution >= 4 is 12.0 Å². The number of nitrogens with zero attached hydrogens (tertiary/aromatic N) is 2. The number of carbonyl (C=O) groups is 1. The summed E-state index contributed by atoms with van der Waals surface area (Å²) in [5, 5.41) is 0. The lowest BCUT2D eigenvalue weighted by Gasteiger charge is -2.35. The van der Waals surface area contributed by atoms with E-state index >= 15 is 0 Å². The van der Waals surface area contributed by atoms with Crippen molar-refractivity contribution in [2.75, 3.05) is 32.7 Å². The minimum absolute atomic E-state index is 0.0673. The molecule has 1 heterocycles. The van der Waals surface area contributed by atoms with Crippen LogP contribution >= 0.6 is 0 Å². The Morgan fingerprint density at radius 3 is 2.43 bits per heavy atom. The van der Waals surface area contributed by atoms with Crippen LogP contribution in [0.5, 0.6) is 5.75 Å². The molecule has 2 aromatic rings. The largest absolute Gasteiger partial charge is 0.481 e. The molecule has 0 aromatic heterocycles. The Balaban J connectivity index is 1.45. The second-order valence-electron chi connectivity index (χ2n) is 7.45. The van der Waals surface area contributed by atoms with Crippen LogP contribution in [0.3, 0.4) is 0 Å². The number of ether oxygens (including phenoxy) is 1. The third-order valence-corrected chi connectivity index (χ3v) is 5.30. The van der Waals surface area contributed by atoms with Crippen LogP contribution in [0.15, 0.2) is 54.6 Å². The van der Waals surface area contributed by atoms with Gasteiger partial charge in [-0.3, -0.25) is 9.69 Å². The van der Waals surface area contributed by atoms with E-state index in [4.69, 9.17) is 4.74 Å². The summed E-state index contributed by atoms with van der Waals surface area (Å²) in [4.78, 5) is 17.0. The molecule has 0 spiro atoms. The molecule has 0 saturated carbocycles. The van der Waals surface area contributed by atoms with E-state index in [1.54, 1.807) is 0 Å². The van der Waals surface area contributed by atoms with Gasteiger partial charge >= 0.3 is 0 Å². The monoisotopic (exact) mass is 378 g/mol. The van der Waals surface area contributed by atoms with Gasteiger partial charge in [-0.2, -0.15) is 0 Å². The minimum Gasteiger partial charge on any atom is -0.481 e. The van der Waals surface area contributed by atoms with Crippen LogP contribution < -0.4 is 4.74 Å². The smallest absolute Gasteiger partial charge is 0.263 e. The number of piperazine rings is 1. The zero-order valence-corrected chi connectivity index (χ0v) is 17.1. The maximum atomic E-state index is 12.7. The van der Waals surface area contributed by atoms with Gasteiger partial charge in [0.05, 0.1) is 0 Å². The summed E-state index contributed by atoms with van der Waals surface area (Å²) in [7, 11) is 0. The van der Waals surface area contributed by atoms with E-state index < -0.39 is 6.10 Å². The zero-order valence-electron chi connectivity index (χ0n) is 17.1. The zero-order chi connectivity index (χ0) is 19.9. The van der Waals surface area contributed by atoms with Crippen molar-refractivity contribution in [1.29, 1.82) is 0 Å². The molecule has 28 heavy (non-hydrogen) atoms. The maximum Gasteiger partial charge on any atom is 0.263 e. The van der Waals surface area contributed by atoms with Crippen LogP contribution in [-0.2, 0) is 4.79 Å². The van der Waals surface area contributed by atoms with Crippen LogP contribution in [0.4, 0.5) is 0 Å². The van der Waals surface area contributed by atoms with E-state index in [0.717, 1.165) is 38.5 Å². The third-order valence-electron chi connectivity index (χ3n) is 5.30. The first kappa shape index (κ1) is 20.2. The first-order valence-corrected chi connectivity index (χ1v) is 9.99. The van der Waals surface area contributed by atoms with Gasteiger partial charge in [0, 0.05) is 32.7 Å². The van der Waals surface area contributed by atoms with Gasteiger partial charge in [0.15, 0.2) is 6.10 Å². The predicted octanol–water partition coefficient (Wildman–Crippen LogP) is 3.93. The highest BCUT2D eigenvalue weighted by Gasteiger charge is 2.25. The molecular weight excluding hydrogens is 348 g/mol. The Hall–Kier alpha value is -2.59. The summed E-state index contributed by atoms with van der Waals surface area (Å²) >= 11 is 0. The molecule has 0 N–H and O–H groups in total. The first-order valence-electron chi connectivity index (χ1n) is 9.99. The molecule has 0 unspecified atom stereocenters. The number of benzene rings is 2. The number of rotatable bonds is 6. The molecule has 3 rings (SSSR count). The molecule has 1 aliphatic rings. The number of aryl methyl sites for hydroxylation is 2. The van der Waals surface area contributed by atoms with Gasteiger partial charge in [-0.1, -0.05) is 48.6 Å². The SMILES string of the molecule is Cc1ccc(O[C@H](C)C(=O)N2CCN(C/C=C/c3ccccc3)CC2)cc1C. The lowest BCUT2D eigenvalue weighted by Crippen LogP contribution is -2.51. The molecule has 1 aliphatic heterocycles. The number of amides is 1. The van der Waals surface area contributed by atoms with E-state index in [2.05, 4.69) is 43.0 Å². The maximum absolute atomic E-state index is 12.7. The van der Waals surface area contributed by atoms with Gasteiger partial charge in [0.2, 0.25) is 0 Å². The quantitative estimate of drug-likeness (QED) is 0.764. The van der Waals surface area contributed by atoms with Gasteiger partial charge in [-0.15, -0.1) is 0 Å². The summed E-state index contributed by atoms with van der Waals surface area (Å²) in [6, 6.07) is 16.3. The first-order chi connectivity index (χ1) is 13.5. The van der Waals surface area contributed by atoms with Crippen molar-refractivity contribution in [3.05, 3.63) is 71.3 Å². The summed E-state index contributed by atoms with van der Waals surface area (Å²) < 4.78 is 5.89. The fourth-order valence-electron chi connectivity index (χ4n) is 3.35. The van der Waals surface area contributed by atoms with Crippen LogP contribution in [0.25, 0.3) is 6.08 Å². The molecule has 0 radical (unpaired) electrons. The summed E-state index contributed by atoms with van der Waals surface area (Å²) in [6.45, 7) is 10.2. The van der Waals surface area contributed by atoms with E-state index in [1.165, 1.54) is 16.7 Å². The van der Waals surface area contributed by atoms with Gasteiger partial charge in [-0.05, 0) is 49.6 Å². The fourth-order valence-corrected chi connectivity index (χ4v) is 3.35. The second-order valence-corrected chi connectivity index (χ2v) is 7.45. The Bertz CT molecular complexity index is 809. The summed E-state index contributed by atoms with van der Waals surface area (Å²) in [5.41, 5.74) is 3.62. The van der Waals surface area contributed by atoms with E-state index in [1.807, 2.05) is 48.2 Å². The standard InChI is InChI=1S/C24H30N2O2/c1-19-11-12-23(18-20(19)2)28-21(3)24(27)26-16-14-25(15-17-26)13-7-10-22-8-5-4-6-9-22/h4-12,18,21H,13-17H2,1-3H3/b10-7+/t21-/m1/s1. The van der Waals surface area contributed by atoms with E-state index in [9.17, 15) is 4.79 Å². The highest BCUT2D eigenvalue weighted by molar-refractivity contribution is 5.81. The van der Waals surface area contributed by atoms with Crippen LogP contribution in [0, 0.1) is 13.8 Å². The van der Waals surface area contributed by atoms with Gasteiger partial charge in [-0.25, -0.2) is 0 Å². The van der Waals surface area contributed by atoms with Crippen LogP contribution in [-0.4, -0.2) is 54.5 Å². The molecule has 2 aromatic carbocycles. The Morgan fingerprint density at radius 2 is 1.75 bits per heavy atom. The van der Waals surface area contributed by atoms with Gasteiger partial charge < -0.3 is 9.64 Å². The third kappa shape index (κ3) is 5.46. The fraction of sp³-hybridized carbons (Fsp3) is 0.375. The molecule has 1 amide bonds. The van der Waals surface area contributed by atoms with E-state index in [-0.39, 0.29) is 5.91 Å². The van der Waals surface area contributed by atoms with E-state index in [0.29, 0.717) is 0 Å². The summed E-state index contributed by atoms with van der Waals surface area (Å²) in [6.07, 6.45) is 3.88. The van der Waals surface area contributed by atoms with Crippen LogP contribution in [0.2, 0.25) is 0 Å². The van der Waals surface area contributed by atoms with Gasteiger partial charge in [0.1, 0.15) is 5.75 Å². The number of carbonyl (C=O) groups excluding carboxylic acids is 1. The molecule has 4 nitrogen and oxygen atoms in total. The second kappa shape index (κ2) is 9.56. The van der Waals surface area contributed by atoms with Crippen molar-refractivity contribution in [2.24, 2.45) is 0 Å². The molecular formula is C24H30N2O2. The lowest BCUT2D eigenvalue weighted by atomic mass is 10.1. The van der Waals surface area contributed by atoms with Gasteiger partial charge in [0.25, 0.3) is 5.91 Å². The highest BCUT2D eigenvalue weighted by atomic mass is 16.5. The minimum atomic E-state index is -0.466. The average molecular weight is 379 g/mol. The molecule has 1 saturated heterocycles. The number of hydrogen-bond donors (Lipinski definition) is 0. The Morgan fingerprint density at radius 1 is 1.04 bits per heavy atom. The highest BCUT2D eigenvalue weighted by Crippen LogP contribution is 2.18. The topological polar surface area (TPSA) is 32.8 Å².